The van der Waals surface area contributed by atoms with Crippen LogP contribution in [0, 0.1) is 0 Å². The number of nitrogens with one attached hydrogen (secondary N) is 1. The zero-order valence-corrected chi connectivity index (χ0v) is 13.1. The van der Waals surface area contributed by atoms with E-state index in [1.54, 1.807) is 10.3 Å². The van der Waals surface area contributed by atoms with Gasteiger partial charge in [0, 0.05) is 16.9 Å². The number of primary amides is 1. The number of nitrogens with zero attached hydrogens (tertiary/aromatic N) is 2. The quantitative estimate of drug-likeness (QED) is 0.900. The third kappa shape index (κ3) is 2.77. The van der Waals surface area contributed by atoms with E-state index in [4.69, 9.17) is 17.3 Å². The number of hydrogen-bond donors (Lipinski definition) is 2. The summed E-state index contributed by atoms with van der Waals surface area (Å²) in [6.07, 6.45) is 0.742. The summed E-state index contributed by atoms with van der Waals surface area (Å²) >= 11 is 7.42. The molecule has 0 unspecified atom stereocenters. The number of nitrogens with two attached hydrogens (primary N) is 1. The van der Waals surface area contributed by atoms with Crippen molar-refractivity contribution in [2.75, 3.05) is 11.4 Å². The molecule has 0 spiro atoms. The normalized spacial score (nSPS) is 13.0. The highest BCUT2D eigenvalue weighted by atomic mass is 35.5. The molecule has 2 aromatic rings. The molecule has 114 valence electrons. The first-order valence-corrected chi connectivity index (χ1v) is 7.89. The van der Waals surface area contributed by atoms with E-state index in [0.29, 0.717) is 16.6 Å². The molecule has 0 aliphatic carbocycles. The van der Waals surface area contributed by atoms with Crippen LogP contribution in [0.15, 0.2) is 23.6 Å². The van der Waals surface area contributed by atoms with Crippen molar-refractivity contribution in [3.05, 3.63) is 44.9 Å². The maximum absolute atomic E-state index is 12.3. The van der Waals surface area contributed by atoms with Crippen LogP contribution in [0.4, 0.5) is 10.5 Å². The topological polar surface area (TPSA) is 88.3 Å². The Hall–Kier alpha value is -2.12. The Balaban J connectivity index is 1.66. The molecule has 1 aliphatic rings. The summed E-state index contributed by atoms with van der Waals surface area (Å²) in [7, 11) is 0. The van der Waals surface area contributed by atoms with E-state index < -0.39 is 5.91 Å². The summed E-state index contributed by atoms with van der Waals surface area (Å²) in [5.41, 5.74) is 7.19. The van der Waals surface area contributed by atoms with Crippen LogP contribution in [0.3, 0.4) is 0 Å². The van der Waals surface area contributed by atoms with Crippen molar-refractivity contribution in [3.63, 3.8) is 0 Å². The molecule has 0 saturated heterocycles. The van der Waals surface area contributed by atoms with Crippen molar-refractivity contribution >= 4 is 40.6 Å². The smallest absolute Gasteiger partial charge is 0.322 e. The monoisotopic (exact) mass is 336 g/mol. The molecule has 0 saturated carbocycles. The van der Waals surface area contributed by atoms with Crippen LogP contribution in [0.5, 0.6) is 0 Å². The van der Waals surface area contributed by atoms with Gasteiger partial charge in [0.25, 0.3) is 5.91 Å². The number of rotatable bonds is 3. The van der Waals surface area contributed by atoms with E-state index in [9.17, 15) is 9.59 Å². The van der Waals surface area contributed by atoms with Gasteiger partial charge in [-0.05, 0) is 24.1 Å². The number of carbonyl (C=O) groups is 2. The van der Waals surface area contributed by atoms with Gasteiger partial charge in [0.1, 0.15) is 10.7 Å². The van der Waals surface area contributed by atoms with Crippen molar-refractivity contribution < 1.29 is 9.59 Å². The van der Waals surface area contributed by atoms with Crippen molar-refractivity contribution in [1.82, 2.24) is 10.3 Å². The predicted molar refractivity (Wildman–Crippen MR) is 85.4 cm³/mol. The second-order valence-corrected chi connectivity index (χ2v) is 6.14. The molecule has 0 radical (unpaired) electrons. The molecule has 22 heavy (non-hydrogen) atoms. The number of aromatic nitrogens is 1. The number of fused-ring (bicyclic) bond motifs is 1. The molecule has 1 aromatic heterocycles. The summed E-state index contributed by atoms with van der Waals surface area (Å²) in [4.78, 5) is 29.0. The number of amides is 3. The Labute approximate surface area is 135 Å². The minimum Gasteiger partial charge on any atom is -0.364 e. The average molecular weight is 337 g/mol. The SMILES string of the molecule is NC(=O)c1csc(CNC(=O)N2CCc3c(Cl)cccc32)n1. The molecule has 6 nitrogen and oxygen atoms in total. The van der Waals surface area contributed by atoms with Crippen LogP contribution >= 0.6 is 22.9 Å². The Morgan fingerprint density at radius 3 is 3.00 bits per heavy atom. The number of halogens is 1. The van der Waals surface area contributed by atoms with Gasteiger partial charge in [-0.25, -0.2) is 9.78 Å². The molecule has 3 amide bonds. The highest BCUT2D eigenvalue weighted by molar-refractivity contribution is 7.09. The summed E-state index contributed by atoms with van der Waals surface area (Å²) in [5.74, 6) is -0.572. The number of urea groups is 1. The van der Waals surface area contributed by atoms with Crippen molar-refractivity contribution in [1.29, 1.82) is 0 Å². The molecule has 2 heterocycles. The lowest BCUT2D eigenvalue weighted by atomic mass is 10.2. The zero-order chi connectivity index (χ0) is 15.7. The number of thiazole rings is 1. The molecule has 0 fully saturated rings. The fraction of sp³-hybridized carbons (Fsp3) is 0.214. The largest absolute Gasteiger partial charge is 0.364 e. The molecule has 0 bridgehead atoms. The van der Waals surface area contributed by atoms with Gasteiger partial charge in [0.2, 0.25) is 0 Å². The van der Waals surface area contributed by atoms with Crippen LogP contribution in [0.1, 0.15) is 21.1 Å². The van der Waals surface area contributed by atoms with Gasteiger partial charge >= 0.3 is 6.03 Å². The van der Waals surface area contributed by atoms with Gasteiger partial charge in [0.05, 0.1) is 12.2 Å². The number of benzene rings is 1. The van der Waals surface area contributed by atoms with Crippen LogP contribution in [0.2, 0.25) is 5.02 Å². The van der Waals surface area contributed by atoms with Crippen LogP contribution < -0.4 is 16.0 Å². The molecule has 1 aliphatic heterocycles. The average Bonchev–Trinajstić information content (AvgIpc) is 3.12. The van der Waals surface area contributed by atoms with Crippen molar-refractivity contribution in [2.24, 2.45) is 5.73 Å². The Morgan fingerprint density at radius 1 is 1.45 bits per heavy atom. The highest BCUT2D eigenvalue weighted by Crippen LogP contribution is 2.33. The number of anilines is 1. The lowest BCUT2D eigenvalue weighted by molar-refractivity contribution is 0.0996. The van der Waals surface area contributed by atoms with E-state index in [0.717, 1.165) is 17.7 Å². The second-order valence-electron chi connectivity index (χ2n) is 4.79. The first-order chi connectivity index (χ1) is 10.6. The van der Waals surface area contributed by atoms with Gasteiger partial charge in [-0.2, -0.15) is 0 Å². The van der Waals surface area contributed by atoms with Gasteiger partial charge in [-0.1, -0.05) is 17.7 Å². The van der Waals surface area contributed by atoms with Crippen LogP contribution in [-0.2, 0) is 13.0 Å². The molecule has 3 rings (SSSR count). The van der Waals surface area contributed by atoms with Gasteiger partial charge in [-0.15, -0.1) is 11.3 Å². The zero-order valence-electron chi connectivity index (χ0n) is 11.5. The summed E-state index contributed by atoms with van der Waals surface area (Å²) in [6.45, 7) is 0.846. The second kappa shape index (κ2) is 5.94. The fourth-order valence-corrected chi connectivity index (χ4v) is 3.34. The summed E-state index contributed by atoms with van der Waals surface area (Å²) in [5, 5.41) is 5.68. The molecule has 1 aromatic carbocycles. The predicted octanol–water partition coefficient (Wildman–Crippen LogP) is 2.17. The highest BCUT2D eigenvalue weighted by Gasteiger charge is 2.26. The Morgan fingerprint density at radius 2 is 2.27 bits per heavy atom. The standard InChI is InChI=1S/C14H13ClN4O2S/c15-9-2-1-3-11-8(9)4-5-19(11)14(21)17-6-12-18-10(7-22-12)13(16)20/h1-3,7H,4-6H2,(H2,16,20)(H,17,21). The van der Waals surface area contributed by atoms with Gasteiger partial charge < -0.3 is 11.1 Å². The lowest BCUT2D eigenvalue weighted by Crippen LogP contribution is -2.38. The van der Waals surface area contributed by atoms with Crippen LogP contribution in [-0.4, -0.2) is 23.5 Å². The first-order valence-electron chi connectivity index (χ1n) is 6.63. The molecule has 0 atom stereocenters. The minimum atomic E-state index is -0.572. The van der Waals surface area contributed by atoms with Gasteiger partial charge in [-0.3, -0.25) is 9.69 Å². The number of carbonyl (C=O) groups excluding carboxylic acids is 2. The molecular formula is C14H13ClN4O2S. The van der Waals surface area contributed by atoms with Crippen LogP contribution in [0.25, 0.3) is 0 Å². The maximum atomic E-state index is 12.3. The molecule has 8 heteroatoms. The Bertz CT molecular complexity index is 746. The Kier molecular flexibility index (Phi) is 4.00. The van der Waals surface area contributed by atoms with Crippen molar-refractivity contribution in [2.45, 2.75) is 13.0 Å². The van der Waals surface area contributed by atoms with Gasteiger partial charge in [0.15, 0.2) is 0 Å². The van der Waals surface area contributed by atoms with E-state index in [1.165, 1.54) is 11.3 Å². The summed E-state index contributed by atoms with van der Waals surface area (Å²) in [6, 6.07) is 5.31. The molecular weight excluding hydrogens is 324 g/mol. The summed E-state index contributed by atoms with van der Waals surface area (Å²) < 4.78 is 0. The maximum Gasteiger partial charge on any atom is 0.322 e. The third-order valence-corrected chi connectivity index (χ3v) is 4.61. The third-order valence-electron chi connectivity index (χ3n) is 3.41. The molecule has 3 N–H and O–H groups in total. The van der Waals surface area contributed by atoms with E-state index in [-0.39, 0.29) is 18.3 Å². The first kappa shape index (κ1) is 14.8. The fourth-order valence-electron chi connectivity index (χ4n) is 2.35. The van der Waals surface area contributed by atoms with E-state index >= 15 is 0 Å². The lowest BCUT2D eigenvalue weighted by Gasteiger charge is -2.17. The van der Waals surface area contributed by atoms with Crippen molar-refractivity contribution in [3.8, 4) is 0 Å². The van der Waals surface area contributed by atoms with E-state index in [2.05, 4.69) is 10.3 Å². The van der Waals surface area contributed by atoms with E-state index in [1.807, 2.05) is 18.2 Å². The number of hydrogen-bond acceptors (Lipinski definition) is 4. The minimum absolute atomic E-state index is 0.211.